The SMILES string of the molecule is CCC(C)(NC(=O)NCc1cccc(C)c1)C(=O)O. The zero-order valence-corrected chi connectivity index (χ0v) is 11.5. The average Bonchev–Trinajstić information content (AvgIpc) is 2.36. The topological polar surface area (TPSA) is 78.4 Å². The number of hydrogen-bond donors (Lipinski definition) is 3. The maximum atomic E-state index is 11.7. The summed E-state index contributed by atoms with van der Waals surface area (Å²) in [6, 6.07) is 7.29. The van der Waals surface area contributed by atoms with Crippen LogP contribution in [0, 0.1) is 6.92 Å². The predicted octanol–water partition coefficient (Wildman–Crippen LogP) is 2.05. The maximum absolute atomic E-state index is 11.7. The van der Waals surface area contributed by atoms with Crippen LogP contribution in [0.25, 0.3) is 0 Å². The van der Waals surface area contributed by atoms with Crippen molar-refractivity contribution in [1.29, 1.82) is 0 Å². The van der Waals surface area contributed by atoms with Crippen LogP contribution in [0.15, 0.2) is 24.3 Å². The first-order valence-electron chi connectivity index (χ1n) is 6.22. The number of aryl methyl sites for hydroxylation is 1. The Hall–Kier alpha value is -2.04. The van der Waals surface area contributed by atoms with E-state index >= 15 is 0 Å². The highest BCUT2D eigenvalue weighted by molar-refractivity contribution is 5.85. The minimum Gasteiger partial charge on any atom is -0.480 e. The molecule has 0 saturated carbocycles. The fourth-order valence-electron chi connectivity index (χ4n) is 1.59. The molecule has 1 rings (SSSR count). The largest absolute Gasteiger partial charge is 0.480 e. The number of hydrogen-bond acceptors (Lipinski definition) is 2. The molecular formula is C14H20N2O3. The van der Waals surface area contributed by atoms with Crippen molar-refractivity contribution < 1.29 is 14.7 Å². The minimum atomic E-state index is -1.24. The van der Waals surface area contributed by atoms with Crippen LogP contribution in [0.3, 0.4) is 0 Å². The van der Waals surface area contributed by atoms with Crippen LogP contribution in [0.4, 0.5) is 4.79 Å². The first kappa shape index (κ1) is 15.0. The van der Waals surface area contributed by atoms with Crippen LogP contribution in [-0.2, 0) is 11.3 Å². The van der Waals surface area contributed by atoms with Crippen LogP contribution in [0.1, 0.15) is 31.4 Å². The third kappa shape index (κ3) is 4.28. The molecule has 2 amide bonds. The van der Waals surface area contributed by atoms with Gasteiger partial charge in [-0.25, -0.2) is 9.59 Å². The summed E-state index contributed by atoms with van der Waals surface area (Å²) in [6.07, 6.45) is 0.320. The lowest BCUT2D eigenvalue weighted by atomic mass is 10.00. The van der Waals surface area contributed by atoms with E-state index in [1.165, 1.54) is 6.92 Å². The van der Waals surface area contributed by atoms with Gasteiger partial charge in [0, 0.05) is 6.54 Å². The van der Waals surface area contributed by atoms with E-state index in [9.17, 15) is 9.59 Å². The second-order valence-corrected chi connectivity index (χ2v) is 4.79. The summed E-state index contributed by atoms with van der Waals surface area (Å²) in [7, 11) is 0. The minimum absolute atomic E-state index is 0.320. The van der Waals surface area contributed by atoms with Crippen molar-refractivity contribution >= 4 is 12.0 Å². The third-order valence-electron chi connectivity index (χ3n) is 3.10. The van der Waals surface area contributed by atoms with Gasteiger partial charge in [-0.2, -0.15) is 0 Å². The van der Waals surface area contributed by atoms with Gasteiger partial charge in [-0.15, -0.1) is 0 Å². The number of carbonyl (C=O) groups excluding carboxylic acids is 1. The van der Waals surface area contributed by atoms with Gasteiger partial charge in [0.05, 0.1) is 0 Å². The Morgan fingerprint density at radius 2 is 2.05 bits per heavy atom. The van der Waals surface area contributed by atoms with Gasteiger partial charge in [-0.1, -0.05) is 36.8 Å². The van der Waals surface area contributed by atoms with Crippen molar-refractivity contribution in [2.45, 2.75) is 39.3 Å². The van der Waals surface area contributed by atoms with Crippen molar-refractivity contribution in [2.24, 2.45) is 0 Å². The summed E-state index contributed by atoms with van der Waals surface area (Å²) in [4.78, 5) is 22.8. The molecule has 0 aliphatic carbocycles. The summed E-state index contributed by atoms with van der Waals surface area (Å²) in [5.74, 6) is -1.04. The summed E-state index contributed by atoms with van der Waals surface area (Å²) in [5.41, 5.74) is 0.851. The normalized spacial score (nSPS) is 13.4. The highest BCUT2D eigenvalue weighted by Gasteiger charge is 2.32. The molecule has 0 saturated heterocycles. The van der Waals surface area contributed by atoms with Gasteiger partial charge in [0.25, 0.3) is 0 Å². The van der Waals surface area contributed by atoms with E-state index in [1.54, 1.807) is 6.92 Å². The monoisotopic (exact) mass is 264 g/mol. The molecular weight excluding hydrogens is 244 g/mol. The number of aliphatic carboxylic acids is 1. The van der Waals surface area contributed by atoms with Gasteiger partial charge in [0.2, 0.25) is 0 Å². The number of benzene rings is 1. The first-order chi connectivity index (χ1) is 8.87. The molecule has 3 N–H and O–H groups in total. The van der Waals surface area contributed by atoms with Gasteiger partial charge >= 0.3 is 12.0 Å². The van der Waals surface area contributed by atoms with Crippen LogP contribution < -0.4 is 10.6 Å². The molecule has 5 nitrogen and oxygen atoms in total. The smallest absolute Gasteiger partial charge is 0.329 e. The fraction of sp³-hybridized carbons (Fsp3) is 0.429. The van der Waals surface area contributed by atoms with Crippen LogP contribution in [0.2, 0.25) is 0 Å². The Morgan fingerprint density at radius 3 is 2.58 bits per heavy atom. The second-order valence-electron chi connectivity index (χ2n) is 4.79. The number of carbonyl (C=O) groups is 2. The molecule has 0 radical (unpaired) electrons. The van der Waals surface area contributed by atoms with E-state index < -0.39 is 17.5 Å². The zero-order valence-electron chi connectivity index (χ0n) is 11.5. The van der Waals surface area contributed by atoms with E-state index in [0.29, 0.717) is 13.0 Å². The summed E-state index contributed by atoms with van der Waals surface area (Å²) in [5, 5.41) is 14.2. The first-order valence-corrected chi connectivity index (χ1v) is 6.22. The van der Waals surface area contributed by atoms with Crippen molar-refractivity contribution in [2.75, 3.05) is 0 Å². The molecule has 19 heavy (non-hydrogen) atoms. The van der Waals surface area contributed by atoms with E-state index in [0.717, 1.165) is 11.1 Å². The van der Waals surface area contributed by atoms with E-state index in [-0.39, 0.29) is 0 Å². The van der Waals surface area contributed by atoms with Gasteiger partial charge in [0.1, 0.15) is 5.54 Å². The quantitative estimate of drug-likeness (QED) is 0.761. The third-order valence-corrected chi connectivity index (χ3v) is 3.10. The number of amides is 2. The second kappa shape index (κ2) is 6.22. The van der Waals surface area contributed by atoms with Gasteiger partial charge in [-0.05, 0) is 25.8 Å². The van der Waals surface area contributed by atoms with Gasteiger partial charge in [0.15, 0.2) is 0 Å². The fourth-order valence-corrected chi connectivity index (χ4v) is 1.59. The summed E-state index contributed by atoms with van der Waals surface area (Å²) < 4.78 is 0. The number of urea groups is 1. The Balaban J connectivity index is 2.54. The van der Waals surface area contributed by atoms with Crippen molar-refractivity contribution in [3.8, 4) is 0 Å². The molecule has 1 unspecified atom stereocenters. The Kier molecular flexibility index (Phi) is 4.92. The highest BCUT2D eigenvalue weighted by Crippen LogP contribution is 2.09. The van der Waals surface area contributed by atoms with Crippen LogP contribution in [0.5, 0.6) is 0 Å². The number of carboxylic acid groups (broad SMARTS) is 1. The summed E-state index contributed by atoms with van der Waals surface area (Å²) in [6.45, 7) is 5.55. The molecule has 0 aromatic heterocycles. The molecule has 0 spiro atoms. The molecule has 1 atom stereocenters. The molecule has 0 heterocycles. The Morgan fingerprint density at radius 1 is 1.37 bits per heavy atom. The van der Waals surface area contributed by atoms with Crippen LogP contribution >= 0.6 is 0 Å². The molecule has 0 aliphatic rings. The number of carboxylic acids is 1. The lowest BCUT2D eigenvalue weighted by Crippen LogP contribution is -2.54. The predicted molar refractivity (Wildman–Crippen MR) is 72.9 cm³/mol. The average molecular weight is 264 g/mol. The molecule has 104 valence electrons. The standard InChI is InChI=1S/C14H20N2O3/c1-4-14(3,12(17)18)16-13(19)15-9-11-7-5-6-10(2)8-11/h5-8H,4,9H2,1-3H3,(H,17,18)(H2,15,16,19). The number of nitrogens with one attached hydrogen (secondary N) is 2. The van der Waals surface area contributed by atoms with E-state index in [4.69, 9.17) is 5.11 Å². The molecule has 0 fully saturated rings. The molecule has 0 bridgehead atoms. The van der Waals surface area contributed by atoms with E-state index in [1.807, 2.05) is 31.2 Å². The molecule has 1 aromatic rings. The zero-order chi connectivity index (χ0) is 14.5. The van der Waals surface area contributed by atoms with E-state index in [2.05, 4.69) is 10.6 Å². The van der Waals surface area contributed by atoms with Gasteiger partial charge in [-0.3, -0.25) is 0 Å². The molecule has 0 aliphatic heterocycles. The van der Waals surface area contributed by atoms with Crippen molar-refractivity contribution in [3.63, 3.8) is 0 Å². The van der Waals surface area contributed by atoms with Crippen molar-refractivity contribution in [1.82, 2.24) is 10.6 Å². The lowest BCUT2D eigenvalue weighted by Gasteiger charge is -2.24. The maximum Gasteiger partial charge on any atom is 0.329 e. The van der Waals surface area contributed by atoms with Gasteiger partial charge < -0.3 is 15.7 Å². The number of rotatable bonds is 5. The van der Waals surface area contributed by atoms with Crippen molar-refractivity contribution in [3.05, 3.63) is 35.4 Å². The summed E-state index contributed by atoms with van der Waals surface area (Å²) >= 11 is 0. The molecule has 1 aromatic carbocycles. The molecule has 5 heteroatoms. The van der Waals surface area contributed by atoms with Crippen LogP contribution in [-0.4, -0.2) is 22.6 Å². The lowest BCUT2D eigenvalue weighted by molar-refractivity contribution is -0.143. The highest BCUT2D eigenvalue weighted by atomic mass is 16.4. The Bertz CT molecular complexity index is 474. The Labute approximate surface area is 113 Å².